The third-order valence-electron chi connectivity index (χ3n) is 4.68. The molecule has 0 aliphatic rings. The minimum Gasteiger partial charge on any atom is -0.483 e. The summed E-state index contributed by atoms with van der Waals surface area (Å²) in [6.45, 7) is 3.52. The topological polar surface area (TPSA) is 111 Å². The molecular weight excluding hydrogens is 398 g/mol. The quantitative estimate of drug-likeness (QED) is 0.433. The smallest absolute Gasteiger partial charge is 0.271 e. The Balaban J connectivity index is 1.67. The Bertz CT molecular complexity index is 1140. The lowest BCUT2D eigenvalue weighted by Gasteiger charge is -2.13. The summed E-state index contributed by atoms with van der Waals surface area (Å²) in [7, 11) is 0. The first-order valence-corrected chi connectivity index (χ1v) is 9.49. The SMILES string of the molecule is Cc1cccc(NC(=O)c2ccccc2OCC(=O)Nc2cccc([N+](=O)[O-])c2)c1C. The molecule has 0 aliphatic carbocycles. The van der Waals surface area contributed by atoms with E-state index in [1.807, 2.05) is 32.0 Å². The standard InChI is InChI=1S/C23H21N3O5/c1-15-7-5-11-20(16(15)2)25-23(28)19-10-3-4-12-21(19)31-14-22(27)24-17-8-6-9-18(13-17)26(29)30/h3-13H,14H2,1-2H3,(H,24,27)(H,25,28). The highest BCUT2D eigenvalue weighted by atomic mass is 16.6. The number of nitro groups is 1. The van der Waals surface area contributed by atoms with E-state index in [9.17, 15) is 19.7 Å². The fourth-order valence-electron chi connectivity index (χ4n) is 2.89. The first-order chi connectivity index (χ1) is 14.8. The molecule has 0 unspecified atom stereocenters. The van der Waals surface area contributed by atoms with Crippen molar-refractivity contribution in [2.24, 2.45) is 0 Å². The van der Waals surface area contributed by atoms with Crippen molar-refractivity contribution < 1.29 is 19.2 Å². The van der Waals surface area contributed by atoms with E-state index >= 15 is 0 Å². The molecule has 158 valence electrons. The Labute approximate surface area is 179 Å². The number of anilines is 2. The molecule has 31 heavy (non-hydrogen) atoms. The van der Waals surface area contributed by atoms with Gasteiger partial charge in [-0.05, 0) is 49.2 Å². The molecule has 8 heteroatoms. The van der Waals surface area contributed by atoms with Crippen molar-refractivity contribution in [2.45, 2.75) is 13.8 Å². The molecule has 2 N–H and O–H groups in total. The van der Waals surface area contributed by atoms with Crippen molar-refractivity contribution in [3.8, 4) is 5.75 Å². The molecule has 0 spiro atoms. The summed E-state index contributed by atoms with van der Waals surface area (Å²) in [5.74, 6) is -0.617. The van der Waals surface area contributed by atoms with Crippen LogP contribution in [0.2, 0.25) is 0 Å². The van der Waals surface area contributed by atoms with Crippen LogP contribution in [0.15, 0.2) is 66.7 Å². The minimum absolute atomic E-state index is 0.132. The van der Waals surface area contributed by atoms with Crippen LogP contribution in [0.25, 0.3) is 0 Å². The van der Waals surface area contributed by atoms with Gasteiger partial charge in [0.2, 0.25) is 0 Å². The van der Waals surface area contributed by atoms with Crippen LogP contribution in [-0.4, -0.2) is 23.3 Å². The van der Waals surface area contributed by atoms with Crippen LogP contribution in [0.4, 0.5) is 17.1 Å². The largest absolute Gasteiger partial charge is 0.483 e. The molecule has 2 amide bonds. The number of carbonyl (C=O) groups excluding carboxylic acids is 2. The molecule has 0 aromatic heterocycles. The number of nitrogens with one attached hydrogen (secondary N) is 2. The van der Waals surface area contributed by atoms with Crippen LogP contribution < -0.4 is 15.4 Å². The first kappa shape index (κ1) is 21.5. The summed E-state index contributed by atoms with van der Waals surface area (Å²) in [5, 5.41) is 16.3. The molecule has 0 heterocycles. The molecule has 3 rings (SSSR count). The number of amides is 2. The summed E-state index contributed by atoms with van der Waals surface area (Å²) < 4.78 is 5.55. The maximum atomic E-state index is 12.8. The summed E-state index contributed by atoms with van der Waals surface area (Å²) in [6, 6.07) is 17.8. The maximum Gasteiger partial charge on any atom is 0.271 e. The Morgan fingerprint density at radius 1 is 0.968 bits per heavy atom. The predicted molar refractivity (Wildman–Crippen MR) is 118 cm³/mol. The summed E-state index contributed by atoms with van der Waals surface area (Å²) in [6.07, 6.45) is 0. The van der Waals surface area contributed by atoms with Crippen molar-refractivity contribution in [3.05, 3.63) is 93.5 Å². The Morgan fingerprint density at radius 3 is 2.48 bits per heavy atom. The van der Waals surface area contributed by atoms with Crippen LogP contribution in [0.3, 0.4) is 0 Å². The van der Waals surface area contributed by atoms with Gasteiger partial charge in [-0.15, -0.1) is 0 Å². The van der Waals surface area contributed by atoms with E-state index in [0.717, 1.165) is 11.1 Å². The van der Waals surface area contributed by atoms with Crippen molar-refractivity contribution in [2.75, 3.05) is 17.2 Å². The van der Waals surface area contributed by atoms with Gasteiger partial charge in [-0.1, -0.05) is 30.3 Å². The van der Waals surface area contributed by atoms with Crippen LogP contribution in [0.1, 0.15) is 21.5 Å². The second-order valence-electron chi connectivity index (χ2n) is 6.84. The second kappa shape index (κ2) is 9.53. The Morgan fingerprint density at radius 2 is 1.71 bits per heavy atom. The number of benzene rings is 3. The zero-order valence-corrected chi connectivity index (χ0v) is 17.0. The Kier molecular flexibility index (Phi) is 6.61. The van der Waals surface area contributed by atoms with E-state index in [2.05, 4.69) is 10.6 Å². The van der Waals surface area contributed by atoms with Gasteiger partial charge in [0, 0.05) is 23.5 Å². The zero-order chi connectivity index (χ0) is 22.4. The lowest BCUT2D eigenvalue weighted by molar-refractivity contribution is -0.384. The molecule has 3 aromatic rings. The molecule has 3 aromatic carbocycles. The number of nitro benzene ring substituents is 1. The van der Waals surface area contributed by atoms with Gasteiger partial charge in [-0.25, -0.2) is 0 Å². The summed E-state index contributed by atoms with van der Waals surface area (Å²) in [4.78, 5) is 35.3. The maximum absolute atomic E-state index is 12.8. The van der Waals surface area contributed by atoms with E-state index in [4.69, 9.17) is 4.74 Å². The molecule has 0 saturated heterocycles. The molecule has 0 saturated carbocycles. The highest BCUT2D eigenvalue weighted by Crippen LogP contribution is 2.23. The van der Waals surface area contributed by atoms with E-state index < -0.39 is 10.8 Å². The fourth-order valence-corrected chi connectivity index (χ4v) is 2.89. The number of aryl methyl sites for hydroxylation is 1. The number of para-hydroxylation sites is 1. The monoisotopic (exact) mass is 419 g/mol. The number of ether oxygens (including phenoxy) is 1. The minimum atomic E-state index is -0.545. The van der Waals surface area contributed by atoms with E-state index in [1.165, 1.54) is 24.3 Å². The molecule has 0 atom stereocenters. The third-order valence-corrected chi connectivity index (χ3v) is 4.68. The summed E-state index contributed by atoms with van der Waals surface area (Å²) in [5.41, 5.74) is 3.15. The van der Waals surface area contributed by atoms with Crippen LogP contribution in [-0.2, 0) is 4.79 Å². The molecular formula is C23H21N3O5. The average Bonchev–Trinajstić information content (AvgIpc) is 2.76. The van der Waals surface area contributed by atoms with Crippen LogP contribution in [0, 0.1) is 24.0 Å². The first-order valence-electron chi connectivity index (χ1n) is 9.49. The lowest BCUT2D eigenvalue weighted by Crippen LogP contribution is -2.21. The van der Waals surface area contributed by atoms with Crippen molar-refractivity contribution >= 4 is 28.9 Å². The van der Waals surface area contributed by atoms with Gasteiger partial charge in [0.15, 0.2) is 6.61 Å². The van der Waals surface area contributed by atoms with Gasteiger partial charge in [0.05, 0.1) is 10.5 Å². The fraction of sp³-hybridized carbons (Fsp3) is 0.130. The highest BCUT2D eigenvalue weighted by molar-refractivity contribution is 6.06. The predicted octanol–water partition coefficient (Wildman–Crippen LogP) is 4.48. The van der Waals surface area contributed by atoms with Crippen molar-refractivity contribution in [3.63, 3.8) is 0 Å². The van der Waals surface area contributed by atoms with Crippen LogP contribution >= 0.6 is 0 Å². The van der Waals surface area contributed by atoms with Crippen LogP contribution in [0.5, 0.6) is 5.75 Å². The molecule has 0 fully saturated rings. The number of hydrogen-bond acceptors (Lipinski definition) is 5. The van der Waals surface area contributed by atoms with Gasteiger partial charge >= 0.3 is 0 Å². The highest BCUT2D eigenvalue weighted by Gasteiger charge is 2.15. The normalized spacial score (nSPS) is 10.3. The average molecular weight is 419 g/mol. The van der Waals surface area contributed by atoms with Gasteiger partial charge < -0.3 is 15.4 Å². The molecule has 0 radical (unpaired) electrons. The Hall–Kier alpha value is -4.20. The molecule has 8 nitrogen and oxygen atoms in total. The molecule has 0 bridgehead atoms. The van der Waals surface area contributed by atoms with Gasteiger partial charge in [0.1, 0.15) is 5.75 Å². The number of hydrogen-bond donors (Lipinski definition) is 2. The third kappa shape index (κ3) is 5.45. The van der Waals surface area contributed by atoms with E-state index in [0.29, 0.717) is 5.69 Å². The number of nitrogens with zero attached hydrogens (tertiary/aromatic N) is 1. The van der Waals surface area contributed by atoms with E-state index in [-0.39, 0.29) is 35.2 Å². The number of carbonyl (C=O) groups is 2. The second-order valence-corrected chi connectivity index (χ2v) is 6.84. The number of non-ortho nitro benzene ring substituents is 1. The molecule has 0 aliphatic heterocycles. The van der Waals surface area contributed by atoms with Gasteiger partial charge in [-0.3, -0.25) is 19.7 Å². The van der Waals surface area contributed by atoms with Gasteiger partial charge in [-0.2, -0.15) is 0 Å². The van der Waals surface area contributed by atoms with E-state index in [1.54, 1.807) is 24.3 Å². The number of rotatable bonds is 7. The van der Waals surface area contributed by atoms with Crippen molar-refractivity contribution in [1.82, 2.24) is 0 Å². The summed E-state index contributed by atoms with van der Waals surface area (Å²) >= 11 is 0. The van der Waals surface area contributed by atoms with Gasteiger partial charge in [0.25, 0.3) is 17.5 Å². The van der Waals surface area contributed by atoms with Crippen molar-refractivity contribution in [1.29, 1.82) is 0 Å². The zero-order valence-electron chi connectivity index (χ0n) is 17.0. The lowest BCUT2D eigenvalue weighted by atomic mass is 10.1.